The molecular formula is C30H38N4O5. The molecule has 2 aromatic heterocycles. The van der Waals surface area contributed by atoms with E-state index in [4.69, 9.17) is 19.2 Å². The third-order valence-corrected chi connectivity index (χ3v) is 7.27. The van der Waals surface area contributed by atoms with Crippen LogP contribution in [0.2, 0.25) is 0 Å². The number of ether oxygens (including phenoxy) is 3. The van der Waals surface area contributed by atoms with Crippen LogP contribution in [0, 0.1) is 0 Å². The van der Waals surface area contributed by atoms with Gasteiger partial charge < -0.3 is 24.6 Å². The summed E-state index contributed by atoms with van der Waals surface area (Å²) in [5, 5.41) is 17.7. The Hall–Kier alpha value is -3.75. The Morgan fingerprint density at radius 1 is 1.18 bits per heavy atom. The fourth-order valence-electron chi connectivity index (χ4n) is 5.25. The molecule has 0 fully saturated rings. The van der Waals surface area contributed by atoms with Gasteiger partial charge in [-0.3, -0.25) is 4.79 Å². The fraction of sp³-hybridized carbons (Fsp3) is 0.500. The summed E-state index contributed by atoms with van der Waals surface area (Å²) in [5.74, 6) is 1.92. The summed E-state index contributed by atoms with van der Waals surface area (Å²) in [7, 11) is 1.84. The van der Waals surface area contributed by atoms with E-state index in [2.05, 4.69) is 49.4 Å². The van der Waals surface area contributed by atoms with Gasteiger partial charge in [0.05, 0.1) is 18.7 Å². The van der Waals surface area contributed by atoms with Gasteiger partial charge in [-0.25, -0.2) is 9.67 Å². The standard InChI is InChI=1S/C30H38N4O5/c1-30(2,3)24-15-21(16-25-28(24)39-13-12-37-25)20(17-27(35)36)14-23-18-26(34(4)33-23)38-11-9-22-8-7-19-6-5-10-31-29(19)32-22/h7-8,15-16,18,20H,5-6,9-14,17H2,1-4H3,(H,31,32)(H,35,36). The second-order valence-corrected chi connectivity index (χ2v) is 11.4. The van der Waals surface area contributed by atoms with Crippen LogP contribution in [-0.4, -0.2) is 52.2 Å². The molecule has 1 atom stereocenters. The van der Waals surface area contributed by atoms with Crippen LogP contribution in [0.25, 0.3) is 0 Å². The van der Waals surface area contributed by atoms with E-state index in [-0.39, 0.29) is 17.8 Å². The minimum absolute atomic E-state index is 0.0198. The predicted molar refractivity (Wildman–Crippen MR) is 148 cm³/mol. The number of carboxylic acids is 1. The third-order valence-electron chi connectivity index (χ3n) is 7.27. The van der Waals surface area contributed by atoms with Crippen molar-refractivity contribution in [1.82, 2.24) is 14.8 Å². The van der Waals surface area contributed by atoms with Crippen molar-refractivity contribution in [2.24, 2.45) is 7.05 Å². The molecule has 208 valence electrons. The number of pyridine rings is 1. The Morgan fingerprint density at radius 3 is 2.79 bits per heavy atom. The molecule has 39 heavy (non-hydrogen) atoms. The lowest BCUT2D eigenvalue weighted by Crippen LogP contribution is -2.22. The third kappa shape index (κ3) is 6.29. The van der Waals surface area contributed by atoms with Crippen molar-refractivity contribution in [3.63, 3.8) is 0 Å². The first kappa shape index (κ1) is 26.8. The van der Waals surface area contributed by atoms with Crippen molar-refractivity contribution in [2.45, 2.75) is 64.2 Å². The van der Waals surface area contributed by atoms with E-state index in [0.29, 0.717) is 44.3 Å². The Labute approximate surface area is 229 Å². The molecule has 0 spiro atoms. The molecule has 0 bridgehead atoms. The van der Waals surface area contributed by atoms with Crippen molar-refractivity contribution in [2.75, 3.05) is 31.7 Å². The van der Waals surface area contributed by atoms with Crippen LogP contribution >= 0.6 is 0 Å². The second kappa shape index (κ2) is 11.2. The largest absolute Gasteiger partial charge is 0.486 e. The number of nitrogens with zero attached hydrogens (tertiary/aromatic N) is 3. The number of anilines is 1. The van der Waals surface area contributed by atoms with E-state index in [1.807, 2.05) is 19.2 Å². The Morgan fingerprint density at radius 2 is 2.00 bits per heavy atom. The van der Waals surface area contributed by atoms with Crippen molar-refractivity contribution < 1.29 is 24.1 Å². The number of benzene rings is 1. The molecule has 9 nitrogen and oxygen atoms in total. The number of hydrogen-bond donors (Lipinski definition) is 2. The summed E-state index contributed by atoms with van der Waals surface area (Å²) >= 11 is 0. The number of nitrogens with one attached hydrogen (secondary N) is 1. The molecule has 4 heterocycles. The summed E-state index contributed by atoms with van der Waals surface area (Å²) in [5.41, 5.74) is 4.77. The van der Waals surface area contributed by atoms with Gasteiger partial charge in [-0.1, -0.05) is 32.9 Å². The SMILES string of the molecule is Cn1nc(CC(CC(=O)O)c2cc3c(c(C(C)(C)C)c2)OCCO3)cc1OCCc1ccc2c(n1)NCCC2. The predicted octanol–water partition coefficient (Wildman–Crippen LogP) is 4.66. The number of carboxylic acid groups (broad SMARTS) is 1. The van der Waals surface area contributed by atoms with E-state index < -0.39 is 5.97 Å². The molecule has 3 aromatic rings. The average molecular weight is 535 g/mol. The highest BCUT2D eigenvalue weighted by atomic mass is 16.6. The summed E-state index contributed by atoms with van der Waals surface area (Å²) in [6, 6.07) is 10.1. The normalized spacial score (nSPS) is 15.3. The number of hydrogen-bond acceptors (Lipinski definition) is 7. The molecule has 2 aliphatic heterocycles. The fourth-order valence-corrected chi connectivity index (χ4v) is 5.25. The molecule has 0 aliphatic carbocycles. The lowest BCUT2D eigenvalue weighted by atomic mass is 9.81. The van der Waals surface area contributed by atoms with E-state index in [1.54, 1.807) is 4.68 Å². The summed E-state index contributed by atoms with van der Waals surface area (Å²) < 4.78 is 19.6. The number of aromatic nitrogens is 3. The highest BCUT2D eigenvalue weighted by Gasteiger charge is 2.28. The van der Waals surface area contributed by atoms with Crippen LogP contribution in [0.5, 0.6) is 17.4 Å². The monoisotopic (exact) mass is 534 g/mol. The first-order valence-electron chi connectivity index (χ1n) is 13.7. The zero-order valence-corrected chi connectivity index (χ0v) is 23.2. The van der Waals surface area contributed by atoms with Crippen LogP contribution in [0.1, 0.15) is 67.6 Å². The first-order chi connectivity index (χ1) is 18.7. The minimum atomic E-state index is -0.855. The van der Waals surface area contributed by atoms with E-state index in [9.17, 15) is 9.90 Å². The molecule has 0 amide bonds. The van der Waals surface area contributed by atoms with Gasteiger partial charge in [0.15, 0.2) is 11.5 Å². The number of aliphatic carboxylic acids is 1. The lowest BCUT2D eigenvalue weighted by Gasteiger charge is -2.29. The Bertz CT molecular complexity index is 1340. The number of aryl methyl sites for hydroxylation is 2. The van der Waals surface area contributed by atoms with Gasteiger partial charge in [0.25, 0.3) is 0 Å². The zero-order chi connectivity index (χ0) is 27.6. The summed E-state index contributed by atoms with van der Waals surface area (Å²) in [4.78, 5) is 16.6. The quantitative estimate of drug-likeness (QED) is 0.408. The summed E-state index contributed by atoms with van der Waals surface area (Å²) in [6.45, 7) is 8.77. The van der Waals surface area contributed by atoms with Crippen LogP contribution < -0.4 is 19.5 Å². The lowest BCUT2D eigenvalue weighted by molar-refractivity contribution is -0.137. The average Bonchev–Trinajstić information content (AvgIpc) is 3.25. The Balaban J connectivity index is 1.31. The van der Waals surface area contributed by atoms with Crippen molar-refractivity contribution in [1.29, 1.82) is 0 Å². The maximum atomic E-state index is 11.9. The van der Waals surface area contributed by atoms with Crippen LogP contribution in [0.15, 0.2) is 30.3 Å². The maximum Gasteiger partial charge on any atom is 0.303 e. The van der Waals surface area contributed by atoms with Gasteiger partial charge in [0.1, 0.15) is 19.0 Å². The van der Waals surface area contributed by atoms with Gasteiger partial charge in [-0.15, -0.1) is 0 Å². The van der Waals surface area contributed by atoms with Gasteiger partial charge >= 0.3 is 5.97 Å². The van der Waals surface area contributed by atoms with Crippen molar-refractivity contribution >= 4 is 11.8 Å². The molecular weight excluding hydrogens is 496 g/mol. The van der Waals surface area contributed by atoms with Crippen LogP contribution in [0.3, 0.4) is 0 Å². The maximum absolute atomic E-state index is 11.9. The molecule has 0 saturated carbocycles. The molecule has 9 heteroatoms. The van der Waals surface area contributed by atoms with Gasteiger partial charge in [-0.2, -0.15) is 5.10 Å². The van der Waals surface area contributed by atoms with Gasteiger partial charge in [-0.05, 0) is 47.9 Å². The van der Waals surface area contributed by atoms with E-state index in [0.717, 1.165) is 53.5 Å². The van der Waals surface area contributed by atoms with E-state index >= 15 is 0 Å². The smallest absolute Gasteiger partial charge is 0.303 e. The van der Waals surface area contributed by atoms with Gasteiger partial charge in [0, 0.05) is 43.3 Å². The molecule has 0 saturated heterocycles. The highest BCUT2D eigenvalue weighted by Crippen LogP contribution is 2.43. The molecule has 2 N–H and O–H groups in total. The number of rotatable bonds is 9. The highest BCUT2D eigenvalue weighted by molar-refractivity contribution is 5.68. The second-order valence-electron chi connectivity index (χ2n) is 11.4. The number of fused-ring (bicyclic) bond motifs is 2. The zero-order valence-electron chi connectivity index (χ0n) is 23.2. The molecule has 0 radical (unpaired) electrons. The molecule has 5 rings (SSSR count). The first-order valence-corrected chi connectivity index (χ1v) is 13.7. The van der Waals surface area contributed by atoms with Crippen molar-refractivity contribution in [3.05, 3.63) is 58.4 Å². The molecule has 1 aromatic carbocycles. The molecule has 1 unspecified atom stereocenters. The minimum Gasteiger partial charge on any atom is -0.486 e. The topological polar surface area (TPSA) is 108 Å². The van der Waals surface area contributed by atoms with Crippen molar-refractivity contribution in [3.8, 4) is 17.4 Å². The summed E-state index contributed by atoms with van der Waals surface area (Å²) in [6.07, 6.45) is 3.33. The molecule has 2 aliphatic rings. The van der Waals surface area contributed by atoms with Crippen LogP contribution in [-0.2, 0) is 36.5 Å². The Kier molecular flexibility index (Phi) is 7.68. The van der Waals surface area contributed by atoms with Crippen LogP contribution in [0.4, 0.5) is 5.82 Å². The number of carbonyl (C=O) groups is 1. The van der Waals surface area contributed by atoms with E-state index in [1.165, 1.54) is 5.56 Å². The van der Waals surface area contributed by atoms with Gasteiger partial charge in [0.2, 0.25) is 5.88 Å².